The smallest absolute Gasteiger partial charge is 0.211 e. The van der Waals surface area contributed by atoms with E-state index in [1.165, 1.54) is 0 Å². The second kappa shape index (κ2) is 11.4. The van der Waals surface area contributed by atoms with Gasteiger partial charge in [-0.3, -0.25) is 0 Å². The third-order valence-corrected chi connectivity index (χ3v) is 9.55. The summed E-state index contributed by atoms with van der Waals surface area (Å²) < 4.78 is 4.38. The molecule has 0 aliphatic rings. The minimum atomic E-state index is 0.528. The van der Waals surface area contributed by atoms with Crippen molar-refractivity contribution in [3.8, 4) is 45.8 Å². The van der Waals surface area contributed by atoms with E-state index in [-0.39, 0.29) is 0 Å². The van der Waals surface area contributed by atoms with E-state index in [4.69, 9.17) is 6.57 Å². The van der Waals surface area contributed by atoms with Crippen molar-refractivity contribution < 1.29 is 0 Å². The topological polar surface area (TPSA) is 61.8 Å². The van der Waals surface area contributed by atoms with Gasteiger partial charge in [-0.1, -0.05) is 91.0 Å². The molecule has 50 heavy (non-hydrogen) atoms. The summed E-state index contributed by atoms with van der Waals surface area (Å²) in [7, 11) is 0. The van der Waals surface area contributed by atoms with Gasteiger partial charge in [0.05, 0.1) is 57.6 Å². The molecule has 0 fully saturated rings. The van der Waals surface area contributed by atoms with Crippen molar-refractivity contribution in [2.45, 2.75) is 0 Å². The van der Waals surface area contributed by atoms with Crippen LogP contribution >= 0.6 is 0 Å². The van der Waals surface area contributed by atoms with Crippen molar-refractivity contribution in [3.05, 3.63) is 174 Å². The molecular formula is C45H25N5. The summed E-state index contributed by atoms with van der Waals surface area (Å²) in [5.74, 6) is 0. The van der Waals surface area contributed by atoms with Crippen LogP contribution in [0.4, 0.5) is 5.69 Å². The Kier molecular flexibility index (Phi) is 6.56. The van der Waals surface area contributed by atoms with Crippen molar-refractivity contribution in [2.24, 2.45) is 0 Å². The lowest BCUT2D eigenvalue weighted by molar-refractivity contribution is 1.18. The lowest BCUT2D eigenvalue weighted by Crippen LogP contribution is -1.98. The van der Waals surface area contributed by atoms with Crippen LogP contribution in [0.1, 0.15) is 11.1 Å². The summed E-state index contributed by atoms with van der Waals surface area (Å²) in [6.07, 6.45) is 0. The average molecular weight is 636 g/mol. The second-order valence-corrected chi connectivity index (χ2v) is 12.3. The van der Waals surface area contributed by atoms with Crippen LogP contribution in [0.3, 0.4) is 0 Å². The molecule has 0 aliphatic heterocycles. The second-order valence-electron chi connectivity index (χ2n) is 12.3. The van der Waals surface area contributed by atoms with Crippen LogP contribution in [0.5, 0.6) is 0 Å². The predicted molar refractivity (Wildman–Crippen MR) is 202 cm³/mol. The molecule has 0 radical (unpaired) electrons. The molecule has 2 heterocycles. The molecule has 5 heteroatoms. The van der Waals surface area contributed by atoms with Gasteiger partial charge in [0, 0.05) is 27.2 Å². The molecule has 7 aromatic carbocycles. The molecule has 0 bridgehead atoms. The highest BCUT2D eigenvalue weighted by Gasteiger charge is 2.20. The summed E-state index contributed by atoms with van der Waals surface area (Å²) in [5, 5.41) is 24.4. The molecule has 0 unspecified atom stereocenters. The van der Waals surface area contributed by atoms with Gasteiger partial charge >= 0.3 is 0 Å². The van der Waals surface area contributed by atoms with Gasteiger partial charge in [0.2, 0.25) is 5.69 Å². The van der Waals surface area contributed by atoms with Crippen LogP contribution in [0.2, 0.25) is 0 Å². The van der Waals surface area contributed by atoms with Crippen molar-refractivity contribution in [1.29, 1.82) is 10.5 Å². The SMILES string of the molecule is [C-]#[N+]c1cccc(-c2cc(C#N)cc(-c3cccc(-n4c5ccccc5c5ccc(C#N)cc54)c3)c2)c1-n1c2ccccc2c2ccccc21. The number of aromatic nitrogens is 2. The van der Waals surface area contributed by atoms with E-state index in [1.54, 1.807) is 0 Å². The first-order chi connectivity index (χ1) is 24.7. The van der Waals surface area contributed by atoms with Gasteiger partial charge < -0.3 is 9.13 Å². The predicted octanol–water partition coefficient (Wildman–Crippen LogP) is 11.5. The van der Waals surface area contributed by atoms with Gasteiger partial charge in [-0.2, -0.15) is 10.5 Å². The lowest BCUT2D eigenvalue weighted by atomic mass is 9.94. The summed E-state index contributed by atoms with van der Waals surface area (Å²) >= 11 is 0. The van der Waals surface area contributed by atoms with Crippen molar-refractivity contribution in [2.75, 3.05) is 0 Å². The zero-order valence-corrected chi connectivity index (χ0v) is 26.7. The molecule has 0 aliphatic carbocycles. The number of hydrogen-bond donors (Lipinski definition) is 0. The fraction of sp³-hybridized carbons (Fsp3) is 0. The highest BCUT2D eigenvalue weighted by Crippen LogP contribution is 2.42. The van der Waals surface area contributed by atoms with E-state index in [0.29, 0.717) is 16.8 Å². The Morgan fingerprint density at radius 2 is 1.06 bits per heavy atom. The first kappa shape index (κ1) is 28.8. The number of benzene rings is 7. The van der Waals surface area contributed by atoms with Gasteiger partial charge in [-0.05, 0) is 82.9 Å². The molecule has 2 aromatic heterocycles. The van der Waals surface area contributed by atoms with E-state index >= 15 is 0 Å². The third kappa shape index (κ3) is 4.38. The molecule has 0 amide bonds. The van der Waals surface area contributed by atoms with Crippen molar-refractivity contribution >= 4 is 49.3 Å². The van der Waals surface area contributed by atoms with Crippen LogP contribution in [0, 0.1) is 29.2 Å². The van der Waals surface area contributed by atoms with Crippen molar-refractivity contribution in [1.82, 2.24) is 9.13 Å². The Morgan fingerprint density at radius 3 is 1.72 bits per heavy atom. The highest BCUT2D eigenvalue weighted by atomic mass is 15.0. The van der Waals surface area contributed by atoms with Crippen LogP contribution in [-0.2, 0) is 0 Å². The van der Waals surface area contributed by atoms with Crippen molar-refractivity contribution in [3.63, 3.8) is 0 Å². The van der Waals surface area contributed by atoms with Gasteiger partial charge in [0.1, 0.15) is 0 Å². The number of para-hydroxylation sites is 4. The molecule has 0 spiro atoms. The molecule has 9 aromatic rings. The van der Waals surface area contributed by atoms with Crippen LogP contribution < -0.4 is 0 Å². The molecular weight excluding hydrogens is 611 g/mol. The normalized spacial score (nSPS) is 11.1. The first-order valence-corrected chi connectivity index (χ1v) is 16.3. The van der Waals surface area contributed by atoms with Gasteiger partial charge in [0.15, 0.2) is 0 Å². The zero-order valence-electron chi connectivity index (χ0n) is 26.7. The highest BCUT2D eigenvalue weighted by molar-refractivity contribution is 6.11. The van der Waals surface area contributed by atoms with E-state index in [1.807, 2.05) is 91.0 Å². The Morgan fingerprint density at radius 1 is 0.460 bits per heavy atom. The van der Waals surface area contributed by atoms with Gasteiger partial charge in [-0.15, -0.1) is 0 Å². The van der Waals surface area contributed by atoms with E-state index in [2.05, 4.69) is 86.8 Å². The Labute approximate surface area is 288 Å². The number of nitrogens with zero attached hydrogens (tertiary/aromatic N) is 5. The Balaban J connectivity index is 1.27. The van der Waals surface area contributed by atoms with E-state index < -0.39 is 0 Å². The van der Waals surface area contributed by atoms with Crippen LogP contribution in [0.25, 0.3) is 82.1 Å². The minimum Gasteiger partial charge on any atom is -0.318 e. The number of nitriles is 2. The summed E-state index contributed by atoms with van der Waals surface area (Å²) in [6.45, 7) is 8.19. The minimum absolute atomic E-state index is 0.528. The zero-order chi connectivity index (χ0) is 33.8. The largest absolute Gasteiger partial charge is 0.318 e. The Bertz CT molecular complexity index is 2920. The first-order valence-electron chi connectivity index (χ1n) is 16.3. The standard InChI is InChI=1S/C45H25N5/c1-48-40-16-9-15-35(45(40)50-42-18-6-3-12-36(42)37-13-4-7-19-43(37)50)33-23-30(28-47)22-32(25-33)31-10-8-11-34(26-31)49-41-17-5-2-14-38(41)39-21-20-29(27-46)24-44(39)49/h2-26H. The summed E-state index contributed by atoms with van der Waals surface area (Å²) in [6, 6.07) is 55.4. The van der Waals surface area contributed by atoms with E-state index in [0.717, 1.165) is 77.2 Å². The third-order valence-electron chi connectivity index (χ3n) is 9.55. The Hall–Kier alpha value is -7.39. The molecule has 0 saturated carbocycles. The van der Waals surface area contributed by atoms with Crippen LogP contribution in [-0.4, -0.2) is 9.13 Å². The average Bonchev–Trinajstić information content (AvgIpc) is 3.69. The maximum atomic E-state index is 10.3. The molecule has 5 nitrogen and oxygen atoms in total. The molecule has 0 atom stereocenters. The summed E-state index contributed by atoms with van der Waals surface area (Å²) in [4.78, 5) is 3.99. The van der Waals surface area contributed by atoms with Gasteiger partial charge in [-0.25, -0.2) is 4.85 Å². The monoisotopic (exact) mass is 635 g/mol. The fourth-order valence-corrected chi connectivity index (χ4v) is 7.41. The molecule has 9 rings (SSSR count). The lowest BCUT2D eigenvalue weighted by Gasteiger charge is -2.17. The molecule has 230 valence electrons. The maximum Gasteiger partial charge on any atom is 0.211 e. The molecule has 0 saturated heterocycles. The number of fused-ring (bicyclic) bond motifs is 6. The fourth-order valence-electron chi connectivity index (χ4n) is 7.41. The molecule has 0 N–H and O–H groups in total. The number of hydrogen-bond acceptors (Lipinski definition) is 2. The number of rotatable bonds is 4. The van der Waals surface area contributed by atoms with E-state index in [9.17, 15) is 10.5 Å². The maximum absolute atomic E-state index is 10.3. The summed E-state index contributed by atoms with van der Waals surface area (Å²) in [5.41, 5.74) is 11.0. The quantitative estimate of drug-likeness (QED) is 0.181. The van der Waals surface area contributed by atoms with Crippen LogP contribution in [0.15, 0.2) is 152 Å². The van der Waals surface area contributed by atoms with Gasteiger partial charge in [0.25, 0.3) is 0 Å².